The monoisotopic (exact) mass is 266 g/mol. The maximum Gasteiger partial charge on any atom is 0.0124 e. The molecule has 0 radical (unpaired) electrons. The number of nitrogens with zero attached hydrogens (tertiary/aromatic N) is 1. The SMILES string of the molecule is CC(C)CCCNCCN1CCC[C@H]2CCCC[C@H]21. The van der Waals surface area contributed by atoms with Gasteiger partial charge in [0.25, 0.3) is 0 Å². The van der Waals surface area contributed by atoms with Crippen molar-refractivity contribution < 1.29 is 0 Å². The summed E-state index contributed by atoms with van der Waals surface area (Å²) in [6.45, 7) is 9.67. The number of likely N-dealkylation sites (tertiary alicyclic amines) is 1. The number of hydrogen-bond donors (Lipinski definition) is 1. The Balaban J connectivity index is 1.59. The highest BCUT2D eigenvalue weighted by Crippen LogP contribution is 2.34. The van der Waals surface area contributed by atoms with Crippen LogP contribution in [-0.2, 0) is 0 Å². The maximum atomic E-state index is 3.64. The molecule has 112 valence electrons. The van der Waals surface area contributed by atoms with Crippen molar-refractivity contribution in [3.8, 4) is 0 Å². The van der Waals surface area contributed by atoms with Crippen LogP contribution in [0.5, 0.6) is 0 Å². The van der Waals surface area contributed by atoms with Gasteiger partial charge in [-0.3, -0.25) is 4.90 Å². The second-order valence-electron chi connectivity index (χ2n) is 7.08. The molecule has 2 fully saturated rings. The second kappa shape index (κ2) is 8.26. The zero-order valence-corrected chi connectivity index (χ0v) is 13.2. The molecule has 2 rings (SSSR count). The average molecular weight is 266 g/mol. The van der Waals surface area contributed by atoms with Crippen molar-refractivity contribution in [1.29, 1.82) is 0 Å². The van der Waals surface area contributed by atoms with Crippen molar-refractivity contribution in [2.45, 2.75) is 71.3 Å². The van der Waals surface area contributed by atoms with E-state index in [-0.39, 0.29) is 0 Å². The van der Waals surface area contributed by atoms with Crippen LogP contribution in [0.1, 0.15) is 65.2 Å². The van der Waals surface area contributed by atoms with Gasteiger partial charge < -0.3 is 5.32 Å². The van der Waals surface area contributed by atoms with E-state index in [2.05, 4.69) is 24.1 Å². The maximum absolute atomic E-state index is 3.64. The third-order valence-corrected chi connectivity index (χ3v) is 5.07. The van der Waals surface area contributed by atoms with E-state index in [0.717, 1.165) is 17.9 Å². The Bertz CT molecular complexity index is 237. The summed E-state index contributed by atoms with van der Waals surface area (Å²) in [6.07, 6.45) is 11.6. The first kappa shape index (κ1) is 15.3. The quantitative estimate of drug-likeness (QED) is 0.707. The number of fused-ring (bicyclic) bond motifs is 1. The molecule has 2 aliphatic rings. The fraction of sp³-hybridized carbons (Fsp3) is 1.00. The van der Waals surface area contributed by atoms with E-state index in [4.69, 9.17) is 0 Å². The van der Waals surface area contributed by atoms with E-state index < -0.39 is 0 Å². The smallest absolute Gasteiger partial charge is 0.0124 e. The minimum absolute atomic E-state index is 0.854. The molecule has 2 heteroatoms. The van der Waals surface area contributed by atoms with Crippen molar-refractivity contribution in [3.63, 3.8) is 0 Å². The predicted molar refractivity (Wildman–Crippen MR) is 83.5 cm³/mol. The number of hydrogen-bond acceptors (Lipinski definition) is 2. The van der Waals surface area contributed by atoms with E-state index in [1.165, 1.54) is 77.5 Å². The van der Waals surface area contributed by atoms with Gasteiger partial charge >= 0.3 is 0 Å². The Morgan fingerprint density at radius 3 is 2.68 bits per heavy atom. The van der Waals surface area contributed by atoms with Crippen LogP contribution in [0.4, 0.5) is 0 Å². The first-order valence-corrected chi connectivity index (χ1v) is 8.72. The normalized spacial score (nSPS) is 28.6. The molecule has 0 unspecified atom stereocenters. The van der Waals surface area contributed by atoms with Gasteiger partial charge in [-0.25, -0.2) is 0 Å². The highest BCUT2D eigenvalue weighted by molar-refractivity contribution is 4.87. The largest absolute Gasteiger partial charge is 0.315 e. The van der Waals surface area contributed by atoms with Gasteiger partial charge in [0.15, 0.2) is 0 Å². The van der Waals surface area contributed by atoms with Crippen LogP contribution in [0.3, 0.4) is 0 Å². The molecule has 19 heavy (non-hydrogen) atoms. The van der Waals surface area contributed by atoms with Crippen LogP contribution < -0.4 is 5.32 Å². The Morgan fingerprint density at radius 2 is 1.84 bits per heavy atom. The Hall–Kier alpha value is -0.0800. The Morgan fingerprint density at radius 1 is 1.05 bits per heavy atom. The summed E-state index contributed by atoms with van der Waals surface area (Å²) in [5.74, 6) is 1.88. The summed E-state index contributed by atoms with van der Waals surface area (Å²) >= 11 is 0. The van der Waals surface area contributed by atoms with E-state index in [1.807, 2.05) is 0 Å². The lowest BCUT2D eigenvalue weighted by Crippen LogP contribution is -2.48. The molecule has 0 amide bonds. The molecule has 1 aliphatic carbocycles. The summed E-state index contributed by atoms with van der Waals surface area (Å²) in [5, 5.41) is 3.64. The highest BCUT2D eigenvalue weighted by atomic mass is 15.2. The van der Waals surface area contributed by atoms with Gasteiger partial charge in [-0.2, -0.15) is 0 Å². The molecule has 1 N–H and O–H groups in total. The van der Waals surface area contributed by atoms with Gasteiger partial charge in [-0.1, -0.05) is 26.7 Å². The zero-order chi connectivity index (χ0) is 13.5. The molecule has 2 nitrogen and oxygen atoms in total. The van der Waals surface area contributed by atoms with Crippen LogP contribution in [0.25, 0.3) is 0 Å². The molecule has 1 aliphatic heterocycles. The van der Waals surface area contributed by atoms with Crippen LogP contribution in [-0.4, -0.2) is 37.1 Å². The van der Waals surface area contributed by atoms with Crippen molar-refractivity contribution in [2.75, 3.05) is 26.2 Å². The topological polar surface area (TPSA) is 15.3 Å². The van der Waals surface area contributed by atoms with E-state index in [1.54, 1.807) is 0 Å². The average Bonchev–Trinajstić information content (AvgIpc) is 2.42. The number of piperidine rings is 1. The molecule has 0 aromatic carbocycles. The van der Waals surface area contributed by atoms with Crippen molar-refractivity contribution in [1.82, 2.24) is 10.2 Å². The molecular formula is C17H34N2. The molecule has 1 heterocycles. The minimum atomic E-state index is 0.854. The molecule has 1 saturated heterocycles. The van der Waals surface area contributed by atoms with Gasteiger partial charge in [-0.15, -0.1) is 0 Å². The summed E-state index contributed by atoms with van der Waals surface area (Å²) in [6, 6.07) is 0.931. The first-order valence-electron chi connectivity index (χ1n) is 8.72. The van der Waals surface area contributed by atoms with Gasteiger partial charge in [-0.05, 0) is 63.5 Å². The van der Waals surface area contributed by atoms with Crippen molar-refractivity contribution >= 4 is 0 Å². The van der Waals surface area contributed by atoms with Crippen molar-refractivity contribution in [3.05, 3.63) is 0 Å². The Labute approximate surface area is 120 Å². The molecule has 2 atom stereocenters. The van der Waals surface area contributed by atoms with Gasteiger partial charge in [0.05, 0.1) is 0 Å². The molecule has 1 saturated carbocycles. The summed E-state index contributed by atoms with van der Waals surface area (Å²) in [4.78, 5) is 2.79. The van der Waals surface area contributed by atoms with Crippen LogP contribution in [0, 0.1) is 11.8 Å². The fourth-order valence-electron chi connectivity index (χ4n) is 3.99. The third-order valence-electron chi connectivity index (χ3n) is 5.07. The summed E-state index contributed by atoms with van der Waals surface area (Å²) in [7, 11) is 0. The molecular weight excluding hydrogens is 232 g/mol. The highest BCUT2D eigenvalue weighted by Gasteiger charge is 2.32. The van der Waals surface area contributed by atoms with Crippen LogP contribution >= 0.6 is 0 Å². The second-order valence-corrected chi connectivity index (χ2v) is 7.08. The summed E-state index contributed by atoms with van der Waals surface area (Å²) in [5.41, 5.74) is 0. The van der Waals surface area contributed by atoms with Gasteiger partial charge in [0.1, 0.15) is 0 Å². The summed E-state index contributed by atoms with van der Waals surface area (Å²) < 4.78 is 0. The van der Waals surface area contributed by atoms with Crippen LogP contribution in [0.15, 0.2) is 0 Å². The molecule has 0 aromatic rings. The molecule has 0 aromatic heterocycles. The minimum Gasteiger partial charge on any atom is -0.315 e. The van der Waals surface area contributed by atoms with E-state index in [0.29, 0.717) is 0 Å². The fourth-order valence-corrected chi connectivity index (χ4v) is 3.99. The Kier molecular flexibility index (Phi) is 6.66. The van der Waals surface area contributed by atoms with E-state index in [9.17, 15) is 0 Å². The van der Waals surface area contributed by atoms with Gasteiger partial charge in [0, 0.05) is 19.1 Å². The third kappa shape index (κ3) is 5.07. The molecule has 0 spiro atoms. The number of nitrogens with one attached hydrogen (secondary N) is 1. The lowest BCUT2D eigenvalue weighted by atomic mass is 9.78. The van der Waals surface area contributed by atoms with Gasteiger partial charge in [0.2, 0.25) is 0 Å². The van der Waals surface area contributed by atoms with Crippen molar-refractivity contribution in [2.24, 2.45) is 11.8 Å². The molecule has 0 bridgehead atoms. The number of rotatable bonds is 7. The zero-order valence-electron chi connectivity index (χ0n) is 13.2. The lowest BCUT2D eigenvalue weighted by Gasteiger charge is -2.44. The standard InChI is InChI=1S/C17H34N2/c1-15(2)7-5-11-18-12-14-19-13-6-9-16-8-3-4-10-17(16)19/h15-18H,3-14H2,1-2H3/t16-,17-/m1/s1. The van der Waals surface area contributed by atoms with E-state index >= 15 is 0 Å². The predicted octanol–water partition coefficient (Wildman–Crippen LogP) is 3.67. The first-order chi connectivity index (χ1) is 9.27. The lowest BCUT2D eigenvalue weighted by molar-refractivity contribution is 0.0619. The van der Waals surface area contributed by atoms with Crippen LogP contribution in [0.2, 0.25) is 0 Å².